The van der Waals surface area contributed by atoms with Crippen LogP contribution in [0, 0.1) is 11.8 Å². The molecule has 0 aliphatic heterocycles. The van der Waals surface area contributed by atoms with Crippen LogP contribution in [0.25, 0.3) is 0 Å². The lowest BCUT2D eigenvalue weighted by Gasteiger charge is -2.27. The molecule has 0 amide bonds. The average Bonchev–Trinajstić information content (AvgIpc) is 2.52. The molecule has 0 bridgehead atoms. The maximum absolute atomic E-state index is 13.0. The molecular formula is C18H17F3N2O. The molecule has 0 aliphatic rings. The highest BCUT2D eigenvalue weighted by atomic mass is 19.4. The summed E-state index contributed by atoms with van der Waals surface area (Å²) in [5.41, 5.74) is -0.964. The van der Waals surface area contributed by atoms with Crippen molar-refractivity contribution < 1.29 is 18.3 Å². The zero-order valence-electron chi connectivity index (χ0n) is 13.5. The molecule has 0 saturated carbocycles. The molecule has 1 aromatic carbocycles. The van der Waals surface area contributed by atoms with Crippen LogP contribution < -0.4 is 0 Å². The van der Waals surface area contributed by atoms with Crippen molar-refractivity contribution in [3.05, 3.63) is 59.2 Å². The van der Waals surface area contributed by atoms with E-state index >= 15 is 0 Å². The Morgan fingerprint density at radius 3 is 2.29 bits per heavy atom. The molecule has 1 unspecified atom stereocenters. The highest BCUT2D eigenvalue weighted by molar-refractivity contribution is 5.47. The first-order chi connectivity index (χ1) is 11.1. The maximum atomic E-state index is 13.0. The second kappa shape index (κ2) is 6.62. The Hall–Kier alpha value is -2.39. The van der Waals surface area contributed by atoms with Crippen LogP contribution in [0.3, 0.4) is 0 Å². The van der Waals surface area contributed by atoms with Gasteiger partial charge in [-0.05, 0) is 25.0 Å². The van der Waals surface area contributed by atoms with Crippen molar-refractivity contribution in [2.24, 2.45) is 0 Å². The molecule has 0 fully saturated rings. The van der Waals surface area contributed by atoms with Gasteiger partial charge >= 0.3 is 6.18 Å². The number of halogens is 3. The van der Waals surface area contributed by atoms with Crippen LogP contribution in [0.5, 0.6) is 0 Å². The summed E-state index contributed by atoms with van der Waals surface area (Å²) in [6.45, 7) is 5.16. The van der Waals surface area contributed by atoms with Gasteiger partial charge in [-0.25, -0.2) is 4.98 Å². The van der Waals surface area contributed by atoms with E-state index < -0.39 is 23.3 Å². The molecule has 1 N–H and O–H groups in total. The van der Waals surface area contributed by atoms with Gasteiger partial charge in [0.15, 0.2) is 0 Å². The van der Waals surface area contributed by atoms with E-state index in [1.807, 2.05) is 0 Å². The first kappa shape index (κ1) is 18.0. The number of aliphatic hydroxyl groups is 1. The monoisotopic (exact) mass is 334 g/mol. The summed E-state index contributed by atoms with van der Waals surface area (Å²) in [6, 6.07) is 5.11. The van der Waals surface area contributed by atoms with Gasteiger partial charge < -0.3 is 5.11 Å². The van der Waals surface area contributed by atoms with Gasteiger partial charge in [0.25, 0.3) is 0 Å². The second-order valence-electron chi connectivity index (χ2n) is 5.94. The summed E-state index contributed by atoms with van der Waals surface area (Å²) in [7, 11) is 0. The minimum absolute atomic E-state index is 0.128. The van der Waals surface area contributed by atoms with Crippen LogP contribution in [-0.2, 0) is 11.6 Å². The Kier molecular flexibility index (Phi) is 4.95. The fraction of sp³-hybridized carbons (Fsp3) is 0.333. The molecule has 0 spiro atoms. The van der Waals surface area contributed by atoms with E-state index in [2.05, 4.69) is 21.8 Å². The Labute approximate surface area is 138 Å². The lowest BCUT2D eigenvalue weighted by atomic mass is 9.82. The number of hydrogen-bond donors (Lipinski definition) is 1. The van der Waals surface area contributed by atoms with Gasteiger partial charge in [0.05, 0.1) is 17.4 Å². The Morgan fingerprint density at radius 2 is 1.67 bits per heavy atom. The van der Waals surface area contributed by atoms with E-state index in [4.69, 9.17) is 0 Å². The van der Waals surface area contributed by atoms with E-state index in [0.717, 1.165) is 6.07 Å². The fourth-order valence-electron chi connectivity index (χ4n) is 2.06. The van der Waals surface area contributed by atoms with Crippen molar-refractivity contribution in [2.45, 2.75) is 38.5 Å². The van der Waals surface area contributed by atoms with Gasteiger partial charge in [-0.2, -0.15) is 13.2 Å². The summed E-state index contributed by atoms with van der Waals surface area (Å²) >= 11 is 0. The second-order valence-corrected chi connectivity index (χ2v) is 5.94. The van der Waals surface area contributed by atoms with E-state index in [0.29, 0.717) is 5.69 Å². The number of aliphatic hydroxyl groups excluding tert-OH is 1. The first-order valence-corrected chi connectivity index (χ1v) is 7.32. The summed E-state index contributed by atoms with van der Waals surface area (Å²) in [4.78, 5) is 8.31. The largest absolute Gasteiger partial charge is 0.417 e. The van der Waals surface area contributed by atoms with E-state index in [-0.39, 0.29) is 11.3 Å². The van der Waals surface area contributed by atoms with Crippen molar-refractivity contribution >= 4 is 0 Å². The molecular weight excluding hydrogens is 317 g/mol. The molecule has 0 saturated heterocycles. The summed E-state index contributed by atoms with van der Waals surface area (Å²) < 4.78 is 39.1. The smallest absolute Gasteiger partial charge is 0.392 e. The van der Waals surface area contributed by atoms with Gasteiger partial charge in [-0.1, -0.05) is 31.9 Å². The van der Waals surface area contributed by atoms with Crippen molar-refractivity contribution in [3.8, 4) is 11.8 Å². The highest BCUT2D eigenvalue weighted by Crippen LogP contribution is 2.31. The number of nitrogens with zero attached hydrogens (tertiary/aromatic N) is 2. The van der Waals surface area contributed by atoms with E-state index in [1.54, 1.807) is 20.8 Å². The topological polar surface area (TPSA) is 46.0 Å². The number of alkyl halides is 3. The Morgan fingerprint density at radius 1 is 1.04 bits per heavy atom. The van der Waals surface area contributed by atoms with Crippen molar-refractivity contribution in [1.29, 1.82) is 0 Å². The van der Waals surface area contributed by atoms with Crippen molar-refractivity contribution in [2.75, 3.05) is 0 Å². The third-order valence-electron chi connectivity index (χ3n) is 3.90. The van der Waals surface area contributed by atoms with E-state index in [9.17, 15) is 18.3 Å². The fourth-order valence-corrected chi connectivity index (χ4v) is 2.06. The minimum Gasteiger partial charge on any atom is -0.392 e. The van der Waals surface area contributed by atoms with Crippen LogP contribution >= 0.6 is 0 Å². The molecule has 6 heteroatoms. The van der Waals surface area contributed by atoms with Crippen molar-refractivity contribution in [3.63, 3.8) is 0 Å². The normalized spacial score (nSPS) is 13.1. The predicted octanol–water partition coefficient (Wildman–Crippen LogP) is 3.55. The number of rotatable bonds is 2. The Bertz CT molecular complexity index is 787. The Balaban J connectivity index is 2.52. The van der Waals surface area contributed by atoms with Crippen LogP contribution in [-0.4, -0.2) is 21.2 Å². The zero-order chi connectivity index (χ0) is 18.0. The van der Waals surface area contributed by atoms with Crippen LogP contribution in [0.2, 0.25) is 0 Å². The SMILES string of the molecule is CC(O)C(C)(C)c1nccnc1C#Cc1ccccc1C(F)(F)F. The number of benzene rings is 1. The first-order valence-electron chi connectivity index (χ1n) is 7.32. The molecule has 0 aliphatic carbocycles. The maximum Gasteiger partial charge on any atom is 0.417 e. The molecule has 1 heterocycles. The van der Waals surface area contributed by atoms with E-state index in [1.165, 1.54) is 30.6 Å². The predicted molar refractivity (Wildman–Crippen MR) is 84.2 cm³/mol. The third-order valence-corrected chi connectivity index (χ3v) is 3.90. The molecule has 0 radical (unpaired) electrons. The third kappa shape index (κ3) is 3.74. The average molecular weight is 334 g/mol. The highest BCUT2D eigenvalue weighted by Gasteiger charge is 2.33. The minimum atomic E-state index is -4.48. The standard InChI is InChI=1S/C18H17F3N2O/c1-12(24)17(2,3)16-15(22-10-11-23-16)9-8-13-6-4-5-7-14(13)18(19,20)21/h4-7,10-12,24H,1-3H3. The summed E-state index contributed by atoms with van der Waals surface area (Å²) in [5, 5.41) is 9.93. The quantitative estimate of drug-likeness (QED) is 0.854. The number of hydrogen-bond acceptors (Lipinski definition) is 3. The lowest BCUT2D eigenvalue weighted by molar-refractivity contribution is -0.137. The van der Waals surface area contributed by atoms with Gasteiger partial charge in [0, 0.05) is 23.4 Å². The van der Waals surface area contributed by atoms with Crippen LogP contribution in [0.4, 0.5) is 13.2 Å². The van der Waals surface area contributed by atoms with Crippen molar-refractivity contribution in [1.82, 2.24) is 9.97 Å². The molecule has 1 aromatic heterocycles. The molecule has 3 nitrogen and oxygen atoms in total. The molecule has 2 rings (SSSR count). The summed E-state index contributed by atoms with van der Waals surface area (Å²) in [6.07, 6.45) is -2.32. The zero-order valence-corrected chi connectivity index (χ0v) is 13.5. The van der Waals surface area contributed by atoms with Crippen LogP contribution in [0.1, 0.15) is 43.3 Å². The summed E-state index contributed by atoms with van der Waals surface area (Å²) in [5.74, 6) is 5.20. The molecule has 1 atom stereocenters. The van der Waals surface area contributed by atoms with Crippen LogP contribution in [0.15, 0.2) is 36.7 Å². The van der Waals surface area contributed by atoms with Gasteiger partial charge in [0.1, 0.15) is 5.69 Å². The molecule has 24 heavy (non-hydrogen) atoms. The number of aromatic nitrogens is 2. The van der Waals surface area contributed by atoms with Gasteiger partial charge in [-0.3, -0.25) is 4.98 Å². The van der Waals surface area contributed by atoms with Gasteiger partial charge in [0.2, 0.25) is 0 Å². The molecule has 126 valence electrons. The molecule has 2 aromatic rings. The lowest BCUT2D eigenvalue weighted by Crippen LogP contribution is -2.33. The van der Waals surface area contributed by atoms with Gasteiger partial charge in [-0.15, -0.1) is 0 Å².